The van der Waals surface area contributed by atoms with E-state index in [0.29, 0.717) is 6.20 Å². The summed E-state index contributed by atoms with van der Waals surface area (Å²) in [6, 6.07) is 0. The summed E-state index contributed by atoms with van der Waals surface area (Å²) in [6.45, 7) is 1.62. The lowest BCUT2D eigenvalue weighted by atomic mass is 10.3. The second kappa shape index (κ2) is 1.91. The molecule has 0 amide bonds. The van der Waals surface area contributed by atoms with Crippen LogP contribution < -0.4 is 5.48 Å². The molecule has 0 atom stereocenters. The highest BCUT2D eigenvalue weighted by Gasteiger charge is 2.36. The number of hydrogen-bond donors (Lipinski definition) is 1. The topological polar surface area (TPSA) is 21.3 Å². The summed E-state index contributed by atoms with van der Waals surface area (Å²) in [5, 5.41) is 0. The molecule has 0 spiro atoms. The van der Waals surface area contributed by atoms with Gasteiger partial charge in [-0.3, -0.25) is 10.3 Å². The summed E-state index contributed by atoms with van der Waals surface area (Å²) in [5.41, 5.74) is 0.957. The Morgan fingerprint density at radius 3 is 2.44 bits per heavy atom. The molecule has 0 saturated carbocycles. The van der Waals surface area contributed by atoms with Crippen LogP contribution in [0.5, 0.6) is 0 Å². The maximum Gasteiger partial charge on any atom is 0.417 e. The van der Waals surface area contributed by atoms with Gasteiger partial charge in [0, 0.05) is 6.20 Å². The number of nitrogens with one attached hydrogen (secondary N) is 1. The van der Waals surface area contributed by atoms with E-state index in [2.05, 4.69) is 4.84 Å². The Kier molecular flexibility index (Phi) is 1.36. The summed E-state index contributed by atoms with van der Waals surface area (Å²) < 4.78 is 34.5. The third-order valence-corrected chi connectivity index (χ3v) is 0.729. The first-order valence-corrected chi connectivity index (χ1v) is 2.05. The molecule has 0 aromatic rings. The van der Waals surface area contributed by atoms with Gasteiger partial charge in [-0.15, -0.1) is 0 Å². The smallest absolute Gasteiger partial charge is 0.273 e. The third kappa shape index (κ3) is 1.35. The second-order valence-corrected chi connectivity index (χ2v) is 1.38. The Balaban J connectivity index is 2.61. The highest BCUT2D eigenvalue weighted by atomic mass is 19.4. The molecular weight excluding hydrogens is 135 g/mol. The minimum absolute atomic E-state index is 0.694. The van der Waals surface area contributed by atoms with Crippen molar-refractivity contribution in [3.05, 3.63) is 18.4 Å². The number of hydroxylamine groups is 1. The number of rotatable bonds is 0. The van der Waals surface area contributed by atoms with Gasteiger partial charge in [-0.2, -0.15) is 13.2 Å². The fourth-order valence-electron chi connectivity index (χ4n) is 0.342. The van der Waals surface area contributed by atoms with Crippen LogP contribution >= 0.6 is 0 Å². The van der Waals surface area contributed by atoms with Gasteiger partial charge in [-0.25, -0.2) is 0 Å². The standard InChI is InChI=1S/C4H2F3NO/c5-4(6,7)3-1-8-9-2-3/h1,8H. The zero-order chi connectivity index (χ0) is 6.91. The lowest BCUT2D eigenvalue weighted by Crippen LogP contribution is -2.09. The Hall–Kier alpha value is -0.710. The van der Waals surface area contributed by atoms with E-state index in [4.69, 9.17) is 0 Å². The number of alkyl halides is 3. The molecule has 0 bridgehead atoms. The predicted octanol–water partition coefficient (Wildman–Crippen LogP) is 1.01. The van der Waals surface area contributed by atoms with E-state index in [-0.39, 0.29) is 0 Å². The molecule has 0 saturated heterocycles. The van der Waals surface area contributed by atoms with Crippen molar-refractivity contribution in [2.45, 2.75) is 6.18 Å². The van der Waals surface area contributed by atoms with Crippen LogP contribution in [0.2, 0.25) is 0 Å². The zero-order valence-corrected chi connectivity index (χ0v) is 4.12. The summed E-state index contributed by atoms with van der Waals surface area (Å²) in [5.74, 6) is 0. The fourth-order valence-corrected chi connectivity index (χ4v) is 0.342. The normalized spacial score (nSPS) is 19.2. The Labute approximate surface area is 49.3 Å². The molecule has 1 N–H and O–H groups in total. The van der Waals surface area contributed by atoms with Gasteiger partial charge in [0.2, 0.25) is 6.61 Å². The Morgan fingerprint density at radius 2 is 2.22 bits per heavy atom. The maximum absolute atomic E-state index is 11.5. The molecule has 1 aliphatic heterocycles. The molecule has 0 unspecified atom stereocenters. The van der Waals surface area contributed by atoms with Crippen LogP contribution in [-0.4, -0.2) is 6.18 Å². The van der Waals surface area contributed by atoms with E-state index in [1.807, 2.05) is 5.48 Å². The van der Waals surface area contributed by atoms with Crippen molar-refractivity contribution in [2.24, 2.45) is 0 Å². The van der Waals surface area contributed by atoms with E-state index in [1.54, 1.807) is 6.61 Å². The van der Waals surface area contributed by atoms with Gasteiger partial charge in [-0.05, 0) is 0 Å². The molecular formula is C4H2F3NO. The SMILES string of the molecule is FC(F)(F)C1=CNO[C]1. The quantitative estimate of drug-likeness (QED) is 0.537. The van der Waals surface area contributed by atoms with Gasteiger partial charge < -0.3 is 0 Å². The number of hydrogen-bond acceptors (Lipinski definition) is 2. The first-order chi connectivity index (χ1) is 4.11. The second-order valence-electron chi connectivity index (χ2n) is 1.38. The molecule has 0 fully saturated rings. The molecule has 2 nitrogen and oxygen atoms in total. The van der Waals surface area contributed by atoms with Crippen LogP contribution in [-0.2, 0) is 4.84 Å². The van der Waals surface area contributed by atoms with Crippen LogP contribution in [0.25, 0.3) is 0 Å². The van der Waals surface area contributed by atoms with E-state index < -0.39 is 11.7 Å². The molecule has 1 rings (SSSR count). The minimum atomic E-state index is -4.36. The van der Waals surface area contributed by atoms with Gasteiger partial charge in [0.25, 0.3) is 0 Å². The monoisotopic (exact) mass is 137 g/mol. The van der Waals surface area contributed by atoms with Crippen LogP contribution in [0, 0.1) is 6.61 Å². The molecule has 1 aliphatic rings. The third-order valence-electron chi connectivity index (χ3n) is 0.729. The summed E-state index contributed by atoms with van der Waals surface area (Å²) in [6.07, 6.45) is -3.66. The van der Waals surface area contributed by atoms with Crippen molar-refractivity contribution >= 4 is 0 Å². The lowest BCUT2D eigenvalue weighted by molar-refractivity contribution is -0.0921. The van der Waals surface area contributed by atoms with Crippen LogP contribution in [0.1, 0.15) is 0 Å². The molecule has 1 heterocycles. The van der Waals surface area contributed by atoms with Gasteiger partial charge >= 0.3 is 6.18 Å². The Morgan fingerprint density at radius 1 is 1.56 bits per heavy atom. The highest BCUT2D eigenvalue weighted by Crippen LogP contribution is 2.28. The van der Waals surface area contributed by atoms with Crippen LogP contribution in [0.15, 0.2) is 11.8 Å². The van der Waals surface area contributed by atoms with Crippen molar-refractivity contribution in [3.8, 4) is 0 Å². The molecule has 50 valence electrons. The summed E-state index contributed by atoms with van der Waals surface area (Å²) in [4.78, 5) is 3.97. The molecule has 0 aromatic carbocycles. The van der Waals surface area contributed by atoms with E-state index >= 15 is 0 Å². The van der Waals surface area contributed by atoms with Crippen molar-refractivity contribution in [3.63, 3.8) is 0 Å². The van der Waals surface area contributed by atoms with Gasteiger partial charge in [0.1, 0.15) is 0 Å². The largest absolute Gasteiger partial charge is 0.417 e. The predicted molar refractivity (Wildman–Crippen MR) is 21.6 cm³/mol. The van der Waals surface area contributed by atoms with E-state index in [1.165, 1.54) is 0 Å². The van der Waals surface area contributed by atoms with Gasteiger partial charge in [0.05, 0.1) is 5.57 Å². The fraction of sp³-hybridized carbons (Fsp3) is 0.250. The van der Waals surface area contributed by atoms with Crippen molar-refractivity contribution < 1.29 is 18.0 Å². The van der Waals surface area contributed by atoms with Crippen LogP contribution in [0.3, 0.4) is 0 Å². The average molecular weight is 137 g/mol. The lowest BCUT2D eigenvalue weighted by Gasteiger charge is -2.01. The maximum atomic E-state index is 11.5. The molecule has 0 aliphatic carbocycles. The first kappa shape index (κ1) is 6.41. The van der Waals surface area contributed by atoms with Crippen LogP contribution in [0.4, 0.5) is 13.2 Å². The zero-order valence-electron chi connectivity index (χ0n) is 4.12. The summed E-state index contributed by atoms with van der Waals surface area (Å²) in [7, 11) is 0. The molecule has 0 aromatic heterocycles. The summed E-state index contributed by atoms with van der Waals surface area (Å²) >= 11 is 0. The minimum Gasteiger partial charge on any atom is -0.273 e. The van der Waals surface area contributed by atoms with E-state index in [9.17, 15) is 13.2 Å². The van der Waals surface area contributed by atoms with Gasteiger partial charge in [0.15, 0.2) is 0 Å². The Bertz CT molecular complexity index is 139. The van der Waals surface area contributed by atoms with Crippen molar-refractivity contribution in [2.75, 3.05) is 0 Å². The van der Waals surface area contributed by atoms with Crippen molar-refractivity contribution in [1.82, 2.24) is 5.48 Å². The first-order valence-electron chi connectivity index (χ1n) is 2.05. The van der Waals surface area contributed by atoms with Gasteiger partial charge in [-0.1, -0.05) is 0 Å². The number of halogens is 3. The van der Waals surface area contributed by atoms with E-state index in [0.717, 1.165) is 0 Å². The van der Waals surface area contributed by atoms with Crippen molar-refractivity contribution in [1.29, 1.82) is 0 Å². The molecule has 5 heteroatoms. The average Bonchev–Trinajstić information content (AvgIpc) is 2.08. The molecule has 2 radical (unpaired) electrons. The highest BCUT2D eigenvalue weighted by molar-refractivity contribution is 5.17. The molecule has 9 heavy (non-hydrogen) atoms.